The van der Waals surface area contributed by atoms with E-state index in [1.54, 1.807) is 7.11 Å². The van der Waals surface area contributed by atoms with Gasteiger partial charge in [-0.2, -0.15) is 0 Å². The Kier molecular flexibility index (Phi) is 5.44. The summed E-state index contributed by atoms with van der Waals surface area (Å²) < 4.78 is 12.3. The van der Waals surface area contributed by atoms with Crippen LogP contribution in [0.25, 0.3) is 0 Å². The second-order valence-electron chi connectivity index (χ2n) is 4.38. The van der Waals surface area contributed by atoms with Crippen LogP contribution in [0.1, 0.15) is 11.1 Å². The SMILES string of the molecule is CNCc1ccccc1OCc1cc(Br)ccc1OC. The lowest BCUT2D eigenvalue weighted by atomic mass is 10.2. The first kappa shape index (κ1) is 14.9. The molecule has 0 spiro atoms. The molecule has 0 saturated carbocycles. The Morgan fingerprint density at radius 3 is 2.60 bits per heavy atom. The van der Waals surface area contributed by atoms with Crippen molar-refractivity contribution >= 4 is 15.9 Å². The quantitative estimate of drug-likeness (QED) is 0.871. The van der Waals surface area contributed by atoms with Gasteiger partial charge in [0.05, 0.1) is 7.11 Å². The fourth-order valence-corrected chi connectivity index (χ4v) is 2.41. The molecule has 0 atom stereocenters. The van der Waals surface area contributed by atoms with Gasteiger partial charge in [0.2, 0.25) is 0 Å². The molecule has 1 N–H and O–H groups in total. The second kappa shape index (κ2) is 7.31. The molecule has 0 heterocycles. The first-order chi connectivity index (χ1) is 9.74. The lowest BCUT2D eigenvalue weighted by molar-refractivity contribution is 0.293. The third-order valence-electron chi connectivity index (χ3n) is 2.97. The number of methoxy groups -OCH3 is 1. The Labute approximate surface area is 128 Å². The van der Waals surface area contributed by atoms with Crippen LogP contribution in [0.2, 0.25) is 0 Å². The molecule has 0 unspecified atom stereocenters. The van der Waals surface area contributed by atoms with Gasteiger partial charge in [0.15, 0.2) is 0 Å². The van der Waals surface area contributed by atoms with E-state index in [0.29, 0.717) is 6.61 Å². The van der Waals surface area contributed by atoms with E-state index >= 15 is 0 Å². The van der Waals surface area contributed by atoms with Crippen LogP contribution in [0, 0.1) is 0 Å². The third kappa shape index (κ3) is 3.74. The molecule has 0 bridgehead atoms. The molecule has 0 aliphatic rings. The highest BCUT2D eigenvalue weighted by Gasteiger charge is 2.07. The number of hydrogen-bond donors (Lipinski definition) is 1. The summed E-state index contributed by atoms with van der Waals surface area (Å²) in [5, 5.41) is 3.14. The van der Waals surface area contributed by atoms with E-state index in [0.717, 1.165) is 33.6 Å². The Hall–Kier alpha value is -1.52. The molecule has 4 heteroatoms. The zero-order chi connectivity index (χ0) is 14.4. The van der Waals surface area contributed by atoms with Crippen molar-refractivity contribution in [1.82, 2.24) is 5.32 Å². The average Bonchev–Trinajstić information content (AvgIpc) is 2.47. The zero-order valence-electron chi connectivity index (χ0n) is 11.7. The molecule has 106 valence electrons. The van der Waals surface area contributed by atoms with Crippen molar-refractivity contribution in [3.8, 4) is 11.5 Å². The summed E-state index contributed by atoms with van der Waals surface area (Å²) in [5.41, 5.74) is 2.16. The maximum Gasteiger partial charge on any atom is 0.125 e. The maximum absolute atomic E-state index is 5.93. The highest BCUT2D eigenvalue weighted by atomic mass is 79.9. The van der Waals surface area contributed by atoms with Crippen molar-refractivity contribution in [2.75, 3.05) is 14.2 Å². The molecule has 0 radical (unpaired) electrons. The largest absolute Gasteiger partial charge is 0.496 e. The lowest BCUT2D eigenvalue weighted by Crippen LogP contribution is -2.07. The van der Waals surface area contributed by atoms with Crippen LogP contribution >= 0.6 is 15.9 Å². The van der Waals surface area contributed by atoms with E-state index in [1.165, 1.54) is 0 Å². The van der Waals surface area contributed by atoms with E-state index in [2.05, 4.69) is 27.3 Å². The smallest absolute Gasteiger partial charge is 0.125 e. The Morgan fingerprint density at radius 2 is 1.85 bits per heavy atom. The Balaban J connectivity index is 2.14. The van der Waals surface area contributed by atoms with Gasteiger partial charge in [-0.1, -0.05) is 34.1 Å². The summed E-state index contributed by atoms with van der Waals surface area (Å²) >= 11 is 3.47. The fraction of sp³-hybridized carbons (Fsp3) is 0.250. The lowest BCUT2D eigenvalue weighted by Gasteiger charge is -2.13. The van der Waals surface area contributed by atoms with Gasteiger partial charge in [-0.05, 0) is 31.3 Å². The first-order valence-corrected chi connectivity index (χ1v) is 7.21. The van der Waals surface area contributed by atoms with Crippen molar-refractivity contribution in [2.45, 2.75) is 13.2 Å². The predicted octanol–water partition coefficient (Wildman–Crippen LogP) is 3.76. The number of halogens is 1. The van der Waals surface area contributed by atoms with Crippen LogP contribution in [0.4, 0.5) is 0 Å². The molecule has 0 saturated heterocycles. The predicted molar refractivity (Wildman–Crippen MR) is 84.2 cm³/mol. The molecule has 2 rings (SSSR count). The number of hydrogen-bond acceptors (Lipinski definition) is 3. The molecule has 0 amide bonds. The van der Waals surface area contributed by atoms with Gasteiger partial charge in [0, 0.05) is 22.1 Å². The number of ether oxygens (including phenoxy) is 2. The minimum Gasteiger partial charge on any atom is -0.496 e. The van der Waals surface area contributed by atoms with E-state index in [4.69, 9.17) is 9.47 Å². The van der Waals surface area contributed by atoms with Crippen molar-refractivity contribution < 1.29 is 9.47 Å². The van der Waals surface area contributed by atoms with Crippen LogP contribution in [0.15, 0.2) is 46.9 Å². The molecule has 0 aliphatic carbocycles. The van der Waals surface area contributed by atoms with Gasteiger partial charge in [0.25, 0.3) is 0 Å². The normalized spacial score (nSPS) is 10.3. The molecule has 0 fully saturated rings. The van der Waals surface area contributed by atoms with Crippen molar-refractivity contribution in [1.29, 1.82) is 0 Å². The summed E-state index contributed by atoms with van der Waals surface area (Å²) in [5.74, 6) is 1.73. The minimum atomic E-state index is 0.476. The summed E-state index contributed by atoms with van der Waals surface area (Å²) in [4.78, 5) is 0. The fourth-order valence-electron chi connectivity index (χ4n) is 2.00. The molecule has 3 nitrogen and oxygen atoms in total. The average molecular weight is 336 g/mol. The topological polar surface area (TPSA) is 30.5 Å². The van der Waals surface area contributed by atoms with Crippen LogP contribution < -0.4 is 14.8 Å². The van der Waals surface area contributed by atoms with Crippen molar-refractivity contribution in [3.05, 3.63) is 58.1 Å². The monoisotopic (exact) mass is 335 g/mol. The van der Waals surface area contributed by atoms with Gasteiger partial charge in [-0.15, -0.1) is 0 Å². The molecule has 20 heavy (non-hydrogen) atoms. The highest BCUT2D eigenvalue weighted by Crippen LogP contribution is 2.25. The number of rotatable bonds is 6. The summed E-state index contributed by atoms with van der Waals surface area (Å²) in [6.07, 6.45) is 0. The number of nitrogens with one attached hydrogen (secondary N) is 1. The van der Waals surface area contributed by atoms with E-state index in [9.17, 15) is 0 Å². The van der Waals surface area contributed by atoms with Crippen LogP contribution in [0.3, 0.4) is 0 Å². The van der Waals surface area contributed by atoms with Crippen molar-refractivity contribution in [3.63, 3.8) is 0 Å². The number of para-hydroxylation sites is 1. The zero-order valence-corrected chi connectivity index (χ0v) is 13.2. The minimum absolute atomic E-state index is 0.476. The molecular weight excluding hydrogens is 318 g/mol. The van der Waals surface area contributed by atoms with E-state index < -0.39 is 0 Å². The third-order valence-corrected chi connectivity index (χ3v) is 3.46. The van der Waals surface area contributed by atoms with E-state index in [-0.39, 0.29) is 0 Å². The highest BCUT2D eigenvalue weighted by molar-refractivity contribution is 9.10. The number of benzene rings is 2. The summed E-state index contributed by atoms with van der Waals surface area (Å²) in [6, 6.07) is 13.9. The van der Waals surface area contributed by atoms with Gasteiger partial charge < -0.3 is 14.8 Å². The van der Waals surface area contributed by atoms with Crippen LogP contribution in [-0.4, -0.2) is 14.2 Å². The Morgan fingerprint density at radius 1 is 1.05 bits per heavy atom. The summed E-state index contributed by atoms with van der Waals surface area (Å²) in [6.45, 7) is 1.26. The standard InChI is InChI=1S/C16H18BrNO2/c1-18-10-12-5-3-4-6-16(12)20-11-13-9-14(17)7-8-15(13)19-2/h3-9,18H,10-11H2,1-2H3. The van der Waals surface area contributed by atoms with E-state index in [1.807, 2.05) is 43.4 Å². The maximum atomic E-state index is 5.93. The first-order valence-electron chi connectivity index (χ1n) is 6.42. The van der Waals surface area contributed by atoms with Crippen molar-refractivity contribution in [2.24, 2.45) is 0 Å². The van der Waals surface area contributed by atoms with Gasteiger partial charge in [-0.25, -0.2) is 0 Å². The summed E-state index contributed by atoms with van der Waals surface area (Å²) in [7, 11) is 3.59. The van der Waals surface area contributed by atoms with Gasteiger partial charge in [-0.3, -0.25) is 0 Å². The van der Waals surface area contributed by atoms with Gasteiger partial charge >= 0.3 is 0 Å². The van der Waals surface area contributed by atoms with Crippen LogP contribution in [-0.2, 0) is 13.2 Å². The molecule has 2 aromatic rings. The Bertz CT molecular complexity index is 572. The molecule has 2 aromatic carbocycles. The molecule has 0 aliphatic heterocycles. The van der Waals surface area contributed by atoms with Gasteiger partial charge in [0.1, 0.15) is 18.1 Å². The molecule has 0 aromatic heterocycles. The van der Waals surface area contributed by atoms with Crippen LogP contribution in [0.5, 0.6) is 11.5 Å². The molecular formula is C16H18BrNO2. The second-order valence-corrected chi connectivity index (χ2v) is 5.30.